The summed E-state index contributed by atoms with van der Waals surface area (Å²) >= 11 is 1.42. The van der Waals surface area contributed by atoms with Crippen LogP contribution >= 0.6 is 11.3 Å². The second kappa shape index (κ2) is 6.96. The molecular formula is C12H17N3OS. The van der Waals surface area contributed by atoms with Gasteiger partial charge in [-0.25, -0.2) is 0 Å². The molecule has 0 spiro atoms. The molecule has 0 unspecified atom stereocenters. The fourth-order valence-electron chi connectivity index (χ4n) is 1.14. The molecular weight excluding hydrogens is 234 g/mol. The first-order valence-electron chi connectivity index (χ1n) is 5.54. The molecule has 1 aromatic rings. The minimum absolute atomic E-state index is 0.185. The predicted octanol–water partition coefficient (Wildman–Crippen LogP) is 2.81. The molecule has 0 radical (unpaired) electrons. The lowest BCUT2D eigenvalue weighted by Crippen LogP contribution is -2.07. The van der Waals surface area contributed by atoms with Gasteiger partial charge in [0.05, 0.1) is 0 Å². The molecule has 92 valence electrons. The summed E-state index contributed by atoms with van der Waals surface area (Å²) in [5.41, 5.74) is 0. The Balaban J connectivity index is 2.51. The molecule has 1 aromatic heterocycles. The van der Waals surface area contributed by atoms with Crippen molar-refractivity contribution in [3.8, 4) is 0 Å². The Morgan fingerprint density at radius 2 is 2.18 bits per heavy atom. The fourth-order valence-corrected chi connectivity index (χ4v) is 2.09. The summed E-state index contributed by atoms with van der Waals surface area (Å²) in [6.45, 7) is 6.14. The Kier molecular flexibility index (Phi) is 5.56. The van der Waals surface area contributed by atoms with Gasteiger partial charge in [0.15, 0.2) is 0 Å². The molecule has 0 aliphatic carbocycles. The molecule has 17 heavy (non-hydrogen) atoms. The van der Waals surface area contributed by atoms with E-state index in [1.165, 1.54) is 17.4 Å². The average molecular weight is 251 g/mol. The molecule has 0 saturated heterocycles. The quantitative estimate of drug-likeness (QED) is 0.646. The summed E-state index contributed by atoms with van der Waals surface area (Å²) in [4.78, 5) is 11.4. The number of carbonyl (C=O) groups excluding carboxylic acids is 1. The van der Waals surface area contributed by atoms with Crippen molar-refractivity contribution in [3.63, 3.8) is 0 Å². The van der Waals surface area contributed by atoms with Gasteiger partial charge in [-0.05, 0) is 12.8 Å². The third-order valence-corrected chi connectivity index (χ3v) is 2.69. The largest absolute Gasteiger partial charge is 0.297 e. The zero-order valence-electron chi connectivity index (χ0n) is 10.3. The van der Waals surface area contributed by atoms with Crippen molar-refractivity contribution in [1.82, 2.24) is 10.2 Å². The number of amides is 1. The zero-order valence-corrected chi connectivity index (χ0v) is 11.1. The van der Waals surface area contributed by atoms with E-state index >= 15 is 0 Å². The normalized spacial score (nSPS) is 11.8. The zero-order chi connectivity index (χ0) is 12.7. The van der Waals surface area contributed by atoms with Crippen LogP contribution in [0.4, 0.5) is 5.13 Å². The van der Waals surface area contributed by atoms with Crippen molar-refractivity contribution >= 4 is 22.4 Å². The minimum Gasteiger partial charge on any atom is -0.297 e. The highest BCUT2D eigenvalue weighted by Crippen LogP contribution is 2.17. The summed E-state index contributed by atoms with van der Waals surface area (Å²) in [6.07, 6.45) is 7.69. The molecule has 0 aliphatic heterocycles. The average Bonchev–Trinajstić information content (AvgIpc) is 2.64. The van der Waals surface area contributed by atoms with E-state index in [0.29, 0.717) is 11.0 Å². The SMILES string of the molecule is C/C=C/C=C/C(=O)Nc1nnc(CC(C)C)s1. The topological polar surface area (TPSA) is 54.9 Å². The molecule has 0 bridgehead atoms. The van der Waals surface area contributed by atoms with Crippen LogP contribution in [0.2, 0.25) is 0 Å². The lowest BCUT2D eigenvalue weighted by molar-refractivity contribution is -0.111. The van der Waals surface area contributed by atoms with Gasteiger partial charge >= 0.3 is 0 Å². The second-order valence-corrected chi connectivity index (χ2v) is 5.04. The number of allylic oxidation sites excluding steroid dienone is 3. The maximum absolute atomic E-state index is 11.4. The third kappa shape index (κ3) is 5.40. The van der Waals surface area contributed by atoms with Crippen LogP contribution < -0.4 is 5.32 Å². The van der Waals surface area contributed by atoms with Gasteiger partial charge in [-0.3, -0.25) is 10.1 Å². The first-order valence-corrected chi connectivity index (χ1v) is 6.36. The Bertz CT molecular complexity index is 421. The van der Waals surface area contributed by atoms with Crippen LogP contribution in [-0.2, 0) is 11.2 Å². The van der Waals surface area contributed by atoms with Crippen molar-refractivity contribution in [3.05, 3.63) is 29.3 Å². The monoisotopic (exact) mass is 251 g/mol. The van der Waals surface area contributed by atoms with Crippen LogP contribution in [0.1, 0.15) is 25.8 Å². The lowest BCUT2D eigenvalue weighted by atomic mass is 10.1. The number of hydrogen-bond acceptors (Lipinski definition) is 4. The van der Waals surface area contributed by atoms with Crippen molar-refractivity contribution in [1.29, 1.82) is 0 Å². The molecule has 0 aliphatic rings. The number of aromatic nitrogens is 2. The van der Waals surface area contributed by atoms with Crippen molar-refractivity contribution in [2.75, 3.05) is 5.32 Å². The van der Waals surface area contributed by atoms with Crippen LogP contribution in [-0.4, -0.2) is 16.1 Å². The van der Waals surface area contributed by atoms with E-state index in [9.17, 15) is 4.79 Å². The van der Waals surface area contributed by atoms with Crippen LogP contribution in [0.25, 0.3) is 0 Å². The Hall–Kier alpha value is -1.49. The summed E-state index contributed by atoms with van der Waals surface area (Å²) in [7, 11) is 0. The summed E-state index contributed by atoms with van der Waals surface area (Å²) < 4.78 is 0. The third-order valence-electron chi connectivity index (χ3n) is 1.83. The summed E-state index contributed by atoms with van der Waals surface area (Å²) in [6, 6.07) is 0. The molecule has 0 aromatic carbocycles. The first kappa shape index (κ1) is 13.6. The lowest BCUT2D eigenvalue weighted by Gasteiger charge is -1.97. The molecule has 0 saturated carbocycles. The molecule has 1 heterocycles. The van der Waals surface area contributed by atoms with Crippen LogP contribution in [0.3, 0.4) is 0 Å². The number of anilines is 1. The van der Waals surface area contributed by atoms with E-state index in [-0.39, 0.29) is 5.91 Å². The van der Waals surface area contributed by atoms with E-state index in [1.807, 2.05) is 13.0 Å². The van der Waals surface area contributed by atoms with Gasteiger partial charge in [0.25, 0.3) is 0 Å². The van der Waals surface area contributed by atoms with Gasteiger partial charge in [0.2, 0.25) is 11.0 Å². The van der Waals surface area contributed by atoms with E-state index in [2.05, 4.69) is 29.4 Å². The molecule has 1 amide bonds. The van der Waals surface area contributed by atoms with E-state index in [0.717, 1.165) is 11.4 Å². The second-order valence-electron chi connectivity index (χ2n) is 3.97. The number of nitrogens with zero attached hydrogens (tertiary/aromatic N) is 2. The maximum Gasteiger partial charge on any atom is 0.250 e. The standard InChI is InChI=1S/C12H17N3OS/c1-4-5-6-7-10(16)13-12-15-14-11(17-12)8-9(2)3/h4-7,9H,8H2,1-3H3,(H,13,15,16)/b5-4+,7-6+. The number of rotatable bonds is 5. The van der Waals surface area contributed by atoms with Gasteiger partial charge in [-0.15, -0.1) is 10.2 Å². The van der Waals surface area contributed by atoms with E-state index in [4.69, 9.17) is 0 Å². The first-order chi connectivity index (χ1) is 8.11. The van der Waals surface area contributed by atoms with Gasteiger partial charge in [0, 0.05) is 12.5 Å². The number of nitrogens with one attached hydrogen (secondary N) is 1. The highest BCUT2D eigenvalue weighted by atomic mass is 32.1. The molecule has 0 fully saturated rings. The number of carbonyl (C=O) groups is 1. The van der Waals surface area contributed by atoms with Crippen molar-refractivity contribution < 1.29 is 4.79 Å². The number of hydrogen-bond donors (Lipinski definition) is 1. The minimum atomic E-state index is -0.185. The molecule has 1 rings (SSSR count). The Morgan fingerprint density at radius 1 is 1.41 bits per heavy atom. The van der Waals surface area contributed by atoms with E-state index in [1.54, 1.807) is 12.2 Å². The molecule has 1 N–H and O–H groups in total. The maximum atomic E-state index is 11.4. The highest BCUT2D eigenvalue weighted by molar-refractivity contribution is 7.15. The van der Waals surface area contributed by atoms with Gasteiger partial charge in [0.1, 0.15) is 5.01 Å². The Morgan fingerprint density at radius 3 is 2.82 bits per heavy atom. The summed E-state index contributed by atoms with van der Waals surface area (Å²) in [5, 5.41) is 12.1. The molecule has 4 nitrogen and oxygen atoms in total. The molecule has 0 atom stereocenters. The summed E-state index contributed by atoms with van der Waals surface area (Å²) in [5.74, 6) is 0.358. The van der Waals surface area contributed by atoms with Crippen LogP contribution in [0.15, 0.2) is 24.3 Å². The van der Waals surface area contributed by atoms with Crippen LogP contribution in [0.5, 0.6) is 0 Å². The van der Waals surface area contributed by atoms with Gasteiger partial charge in [-0.1, -0.05) is 43.4 Å². The van der Waals surface area contributed by atoms with Gasteiger partial charge in [-0.2, -0.15) is 0 Å². The fraction of sp³-hybridized carbons (Fsp3) is 0.417. The van der Waals surface area contributed by atoms with Crippen molar-refractivity contribution in [2.24, 2.45) is 5.92 Å². The smallest absolute Gasteiger partial charge is 0.250 e. The predicted molar refractivity (Wildman–Crippen MR) is 71.0 cm³/mol. The Labute approximate surface area is 105 Å². The molecule has 5 heteroatoms. The highest BCUT2D eigenvalue weighted by Gasteiger charge is 2.07. The van der Waals surface area contributed by atoms with Crippen LogP contribution in [0, 0.1) is 5.92 Å². The van der Waals surface area contributed by atoms with Crippen molar-refractivity contribution in [2.45, 2.75) is 27.2 Å². The van der Waals surface area contributed by atoms with Gasteiger partial charge < -0.3 is 0 Å². The van der Waals surface area contributed by atoms with E-state index < -0.39 is 0 Å².